The standard InChI is InChI=1S/C21H19FN2O3S/c1-12-6-3-4-8-14(12)16(10-18(25)26)23-20(27)21-24-17(11-28-21)15-9-5-7-13(2)19(15)22/h3-9,11,16H,10H2,1-2H3,(H,23,27)(H,25,26). The Kier molecular flexibility index (Phi) is 5.84. The number of hydrogen-bond donors (Lipinski definition) is 2. The van der Waals surface area contributed by atoms with Crippen molar-refractivity contribution in [2.75, 3.05) is 0 Å². The minimum Gasteiger partial charge on any atom is -0.481 e. The number of amides is 1. The second-order valence-corrected chi connectivity index (χ2v) is 7.31. The number of carboxylic acid groups (broad SMARTS) is 1. The third kappa shape index (κ3) is 4.26. The lowest BCUT2D eigenvalue weighted by atomic mass is 9.99. The number of aryl methyl sites for hydroxylation is 2. The van der Waals surface area contributed by atoms with Gasteiger partial charge < -0.3 is 10.4 Å². The van der Waals surface area contributed by atoms with Gasteiger partial charge in [0, 0.05) is 10.9 Å². The van der Waals surface area contributed by atoms with Crippen LogP contribution in [0.5, 0.6) is 0 Å². The Bertz CT molecular complexity index is 1030. The molecule has 0 saturated heterocycles. The molecule has 1 unspecified atom stereocenters. The van der Waals surface area contributed by atoms with Gasteiger partial charge in [-0.3, -0.25) is 9.59 Å². The molecule has 0 saturated carbocycles. The number of halogens is 1. The third-order valence-electron chi connectivity index (χ3n) is 4.41. The SMILES string of the molecule is Cc1ccccc1C(CC(=O)O)NC(=O)c1nc(-c2cccc(C)c2F)cs1. The number of aliphatic carboxylic acids is 1. The van der Waals surface area contributed by atoms with Crippen LogP contribution in [0.3, 0.4) is 0 Å². The van der Waals surface area contributed by atoms with Crippen LogP contribution in [-0.4, -0.2) is 22.0 Å². The van der Waals surface area contributed by atoms with Crippen molar-refractivity contribution in [3.63, 3.8) is 0 Å². The topological polar surface area (TPSA) is 79.3 Å². The highest BCUT2D eigenvalue weighted by atomic mass is 32.1. The number of carbonyl (C=O) groups excluding carboxylic acids is 1. The van der Waals surface area contributed by atoms with Crippen molar-refractivity contribution >= 4 is 23.2 Å². The summed E-state index contributed by atoms with van der Waals surface area (Å²) in [6, 6.07) is 11.6. The molecule has 0 spiro atoms. The number of aromatic nitrogens is 1. The summed E-state index contributed by atoms with van der Waals surface area (Å²) in [6.07, 6.45) is -0.249. The van der Waals surface area contributed by atoms with Crippen molar-refractivity contribution in [3.05, 3.63) is 75.4 Å². The van der Waals surface area contributed by atoms with Gasteiger partial charge in [0.2, 0.25) is 0 Å². The summed E-state index contributed by atoms with van der Waals surface area (Å²) >= 11 is 1.09. The molecule has 5 nitrogen and oxygen atoms in total. The molecule has 0 aliphatic heterocycles. The average molecular weight is 398 g/mol. The Morgan fingerprint density at radius 1 is 1.14 bits per heavy atom. The van der Waals surface area contributed by atoms with Gasteiger partial charge in [-0.25, -0.2) is 9.37 Å². The molecule has 1 atom stereocenters. The van der Waals surface area contributed by atoms with Gasteiger partial charge in [-0.15, -0.1) is 11.3 Å². The first-order chi connectivity index (χ1) is 13.4. The number of hydrogen-bond acceptors (Lipinski definition) is 4. The van der Waals surface area contributed by atoms with E-state index in [4.69, 9.17) is 0 Å². The number of nitrogens with one attached hydrogen (secondary N) is 1. The average Bonchev–Trinajstić information content (AvgIpc) is 3.13. The molecular formula is C21H19FN2O3S. The van der Waals surface area contributed by atoms with Crippen LogP contribution < -0.4 is 5.32 Å². The Morgan fingerprint density at radius 3 is 2.57 bits per heavy atom. The lowest BCUT2D eigenvalue weighted by Crippen LogP contribution is -2.30. The fourth-order valence-corrected chi connectivity index (χ4v) is 3.68. The van der Waals surface area contributed by atoms with Crippen molar-refractivity contribution in [2.45, 2.75) is 26.3 Å². The fraction of sp³-hybridized carbons (Fsp3) is 0.190. The molecule has 1 amide bonds. The first-order valence-corrected chi connectivity index (χ1v) is 9.54. The molecule has 3 rings (SSSR count). The van der Waals surface area contributed by atoms with Crippen molar-refractivity contribution in [1.82, 2.24) is 10.3 Å². The molecule has 28 heavy (non-hydrogen) atoms. The predicted octanol–water partition coefficient (Wildman–Crippen LogP) is 4.51. The minimum absolute atomic E-state index is 0.153. The van der Waals surface area contributed by atoms with E-state index in [0.29, 0.717) is 16.8 Å². The maximum absolute atomic E-state index is 14.3. The van der Waals surface area contributed by atoms with Crippen molar-refractivity contribution in [1.29, 1.82) is 0 Å². The maximum Gasteiger partial charge on any atom is 0.305 e. The molecule has 1 heterocycles. The quantitative estimate of drug-likeness (QED) is 0.640. The maximum atomic E-state index is 14.3. The van der Waals surface area contributed by atoms with Crippen LogP contribution in [0, 0.1) is 19.7 Å². The first-order valence-electron chi connectivity index (χ1n) is 8.66. The molecule has 3 aromatic rings. The van der Waals surface area contributed by atoms with E-state index >= 15 is 0 Å². The number of rotatable bonds is 6. The van der Waals surface area contributed by atoms with Gasteiger partial charge in [0.25, 0.3) is 5.91 Å². The summed E-state index contributed by atoms with van der Waals surface area (Å²) in [5.74, 6) is -1.88. The van der Waals surface area contributed by atoms with Crippen molar-refractivity contribution < 1.29 is 19.1 Å². The number of thiazole rings is 1. The Labute approximate surface area is 165 Å². The summed E-state index contributed by atoms with van der Waals surface area (Å²) in [5, 5.41) is 13.7. The normalized spacial score (nSPS) is 11.8. The van der Waals surface area contributed by atoms with Gasteiger partial charge in [0.1, 0.15) is 5.82 Å². The monoisotopic (exact) mass is 398 g/mol. The lowest BCUT2D eigenvalue weighted by molar-refractivity contribution is -0.137. The van der Waals surface area contributed by atoms with E-state index in [1.165, 1.54) is 0 Å². The third-order valence-corrected chi connectivity index (χ3v) is 5.26. The zero-order valence-electron chi connectivity index (χ0n) is 15.4. The molecule has 144 valence electrons. The van der Waals surface area contributed by atoms with Gasteiger partial charge in [-0.1, -0.05) is 36.4 Å². The second-order valence-electron chi connectivity index (χ2n) is 6.45. The Balaban J connectivity index is 1.85. The molecule has 0 radical (unpaired) electrons. The molecule has 2 aromatic carbocycles. The Morgan fingerprint density at radius 2 is 1.86 bits per heavy atom. The Hall–Kier alpha value is -3.06. The number of carboxylic acids is 1. The van der Waals surface area contributed by atoms with E-state index in [9.17, 15) is 19.1 Å². The zero-order valence-corrected chi connectivity index (χ0v) is 16.2. The van der Waals surface area contributed by atoms with Gasteiger partial charge in [0.15, 0.2) is 5.01 Å². The van der Waals surface area contributed by atoms with Gasteiger partial charge in [-0.2, -0.15) is 0 Å². The van der Waals surface area contributed by atoms with Crippen LogP contribution in [0.25, 0.3) is 11.3 Å². The number of benzene rings is 2. The van der Waals surface area contributed by atoms with Crippen LogP contribution in [0.2, 0.25) is 0 Å². The van der Waals surface area contributed by atoms with E-state index in [1.807, 2.05) is 19.1 Å². The summed E-state index contributed by atoms with van der Waals surface area (Å²) in [6.45, 7) is 3.52. The lowest BCUT2D eigenvalue weighted by Gasteiger charge is -2.18. The highest BCUT2D eigenvalue weighted by molar-refractivity contribution is 7.12. The van der Waals surface area contributed by atoms with Crippen molar-refractivity contribution in [3.8, 4) is 11.3 Å². The molecule has 0 aliphatic rings. The fourth-order valence-electron chi connectivity index (χ4n) is 2.96. The van der Waals surface area contributed by atoms with Gasteiger partial charge in [0.05, 0.1) is 18.2 Å². The van der Waals surface area contributed by atoms with E-state index < -0.39 is 17.9 Å². The number of carbonyl (C=O) groups is 2. The van der Waals surface area contributed by atoms with E-state index in [2.05, 4.69) is 10.3 Å². The molecule has 0 bridgehead atoms. The molecular weight excluding hydrogens is 379 g/mol. The van der Waals surface area contributed by atoms with E-state index in [-0.39, 0.29) is 17.2 Å². The van der Waals surface area contributed by atoms with Crippen LogP contribution in [0.15, 0.2) is 47.8 Å². The highest BCUT2D eigenvalue weighted by Gasteiger charge is 2.22. The zero-order chi connectivity index (χ0) is 20.3. The van der Waals surface area contributed by atoms with Crippen molar-refractivity contribution in [2.24, 2.45) is 0 Å². The molecule has 7 heteroatoms. The molecule has 2 N–H and O–H groups in total. The summed E-state index contributed by atoms with van der Waals surface area (Å²) < 4.78 is 14.3. The summed E-state index contributed by atoms with van der Waals surface area (Å²) in [7, 11) is 0. The van der Waals surface area contributed by atoms with E-state index in [0.717, 1.165) is 22.5 Å². The molecule has 0 aliphatic carbocycles. The first kappa shape index (κ1) is 19.7. The molecule has 1 aromatic heterocycles. The van der Waals surface area contributed by atoms with Gasteiger partial charge >= 0.3 is 5.97 Å². The van der Waals surface area contributed by atoms with E-state index in [1.54, 1.807) is 42.6 Å². The summed E-state index contributed by atoms with van der Waals surface area (Å²) in [4.78, 5) is 28.2. The van der Waals surface area contributed by atoms with Crippen LogP contribution in [0.1, 0.15) is 39.0 Å². The largest absolute Gasteiger partial charge is 0.481 e. The summed E-state index contributed by atoms with van der Waals surface area (Å²) in [5.41, 5.74) is 2.83. The number of nitrogens with zero attached hydrogens (tertiary/aromatic N) is 1. The van der Waals surface area contributed by atoms with Crippen LogP contribution in [0.4, 0.5) is 4.39 Å². The van der Waals surface area contributed by atoms with Crippen LogP contribution >= 0.6 is 11.3 Å². The molecule has 0 fully saturated rings. The smallest absolute Gasteiger partial charge is 0.305 e. The predicted molar refractivity (Wildman–Crippen MR) is 106 cm³/mol. The van der Waals surface area contributed by atoms with Crippen LogP contribution in [-0.2, 0) is 4.79 Å². The van der Waals surface area contributed by atoms with Gasteiger partial charge in [-0.05, 0) is 36.6 Å². The minimum atomic E-state index is -1.02. The second kappa shape index (κ2) is 8.31. The highest BCUT2D eigenvalue weighted by Crippen LogP contribution is 2.27.